The fraction of sp³-hybridized carbons (Fsp3) is 0.800. The highest BCUT2D eigenvalue weighted by Gasteiger charge is 2.11. The van der Waals surface area contributed by atoms with Gasteiger partial charge in [-0.05, 0) is 6.42 Å². The number of esters is 2. The normalized spacial score (nSPS) is 9.61. The summed E-state index contributed by atoms with van der Waals surface area (Å²) in [6.45, 7) is 2.06. The van der Waals surface area contributed by atoms with Crippen molar-refractivity contribution in [1.82, 2.24) is 0 Å². The molecule has 0 amide bonds. The first-order valence-corrected chi connectivity index (χ1v) is 5.64. The van der Waals surface area contributed by atoms with Gasteiger partial charge in [-0.25, -0.2) is 0 Å². The Morgan fingerprint density at radius 2 is 1.61 bits per heavy atom. The number of hydrogen-bond acceptors (Lipinski definition) is 7. The second-order valence-corrected chi connectivity index (χ2v) is 3.38. The average molecular weight is 263 g/mol. The summed E-state index contributed by atoms with van der Waals surface area (Å²) in [4.78, 5) is 35.9. The second kappa shape index (κ2) is 10.3. The van der Waals surface area contributed by atoms with E-state index in [1.807, 2.05) is 6.92 Å². The van der Waals surface area contributed by atoms with Gasteiger partial charge in [0.1, 0.15) is 6.42 Å². The van der Waals surface area contributed by atoms with Gasteiger partial charge in [-0.2, -0.15) is 0 Å². The Morgan fingerprint density at radius 1 is 1.06 bits per heavy atom. The van der Waals surface area contributed by atoms with Crippen molar-refractivity contribution >= 4 is 11.9 Å². The van der Waals surface area contributed by atoms with Crippen LogP contribution < -0.4 is 0 Å². The van der Waals surface area contributed by atoms with Crippen molar-refractivity contribution in [3.8, 4) is 0 Å². The van der Waals surface area contributed by atoms with Crippen molar-refractivity contribution in [3.63, 3.8) is 0 Å². The third-order valence-corrected chi connectivity index (χ3v) is 1.80. The van der Waals surface area contributed by atoms with E-state index in [0.29, 0.717) is 6.61 Å². The van der Waals surface area contributed by atoms with Crippen LogP contribution in [0.15, 0.2) is 0 Å². The van der Waals surface area contributed by atoms with E-state index in [9.17, 15) is 19.7 Å². The molecule has 0 aromatic rings. The predicted octanol–water partition coefficient (Wildman–Crippen LogP) is 0.861. The molecule has 0 aliphatic rings. The lowest BCUT2D eigenvalue weighted by atomic mass is 10.3. The molecule has 8 heteroatoms. The van der Waals surface area contributed by atoms with Crippen LogP contribution in [0.25, 0.3) is 0 Å². The summed E-state index contributed by atoms with van der Waals surface area (Å²) in [5, 5.41) is 8.86. The van der Waals surface area contributed by atoms with E-state index in [4.69, 9.17) is 4.74 Å². The molecule has 0 heterocycles. The summed E-state index contributed by atoms with van der Waals surface area (Å²) in [6, 6.07) is 0. The molecule has 0 saturated heterocycles. The third-order valence-electron chi connectivity index (χ3n) is 1.80. The first-order valence-electron chi connectivity index (χ1n) is 5.64. The smallest absolute Gasteiger partial charge is 0.317 e. The van der Waals surface area contributed by atoms with Crippen molar-refractivity contribution in [1.29, 1.82) is 0 Å². The number of rotatable bonds is 10. The topological polar surface area (TPSA) is 105 Å². The molecule has 0 saturated carbocycles. The van der Waals surface area contributed by atoms with Crippen LogP contribution in [0, 0.1) is 10.1 Å². The summed E-state index contributed by atoms with van der Waals surface area (Å²) in [6.07, 6.45) is 1.39. The molecule has 0 unspecified atom stereocenters. The Morgan fingerprint density at radius 3 is 2.11 bits per heavy atom. The van der Waals surface area contributed by atoms with E-state index in [-0.39, 0.29) is 19.6 Å². The highest BCUT2D eigenvalue weighted by Crippen LogP contribution is 1.95. The molecule has 8 nitrogen and oxygen atoms in total. The van der Waals surface area contributed by atoms with Crippen molar-refractivity contribution in [2.45, 2.75) is 32.6 Å². The third kappa shape index (κ3) is 10.7. The maximum absolute atomic E-state index is 11.1. The Labute approximate surface area is 104 Å². The molecule has 18 heavy (non-hydrogen) atoms. The van der Waals surface area contributed by atoms with Crippen LogP contribution in [0.2, 0.25) is 0 Å². The zero-order chi connectivity index (χ0) is 13.8. The van der Waals surface area contributed by atoms with Crippen LogP contribution >= 0.6 is 0 Å². The molecule has 0 spiro atoms. The van der Waals surface area contributed by atoms with E-state index in [0.717, 1.165) is 12.8 Å². The zero-order valence-electron chi connectivity index (χ0n) is 10.3. The van der Waals surface area contributed by atoms with Gasteiger partial charge in [-0.3, -0.25) is 9.59 Å². The van der Waals surface area contributed by atoms with Crippen LogP contribution in [-0.2, 0) is 23.9 Å². The molecular weight excluding hydrogens is 246 g/mol. The molecule has 0 aromatic heterocycles. The number of hydrogen-bond donors (Lipinski definition) is 0. The van der Waals surface area contributed by atoms with Gasteiger partial charge in [-0.1, -0.05) is 13.3 Å². The molecule has 0 bridgehead atoms. The summed E-state index contributed by atoms with van der Waals surface area (Å²) in [7, 11) is 0. The van der Waals surface area contributed by atoms with Crippen LogP contribution in [-0.4, -0.2) is 36.8 Å². The van der Waals surface area contributed by atoms with Crippen molar-refractivity contribution < 1.29 is 29.0 Å². The molecule has 0 aliphatic carbocycles. The van der Waals surface area contributed by atoms with Gasteiger partial charge in [0, 0.05) is 6.42 Å². The first-order chi connectivity index (χ1) is 8.56. The predicted molar refractivity (Wildman–Crippen MR) is 59.0 cm³/mol. The van der Waals surface area contributed by atoms with E-state index in [1.54, 1.807) is 0 Å². The Bertz CT molecular complexity index is 279. The summed E-state index contributed by atoms with van der Waals surface area (Å²) in [5.41, 5.74) is 0. The molecular formula is C10H17NO7. The minimum atomic E-state index is -0.924. The first kappa shape index (κ1) is 16.1. The fourth-order valence-corrected chi connectivity index (χ4v) is 0.934. The van der Waals surface area contributed by atoms with Crippen molar-refractivity contribution in [3.05, 3.63) is 10.1 Å². The number of nitrogens with zero attached hydrogens (tertiary/aromatic N) is 1. The summed E-state index contributed by atoms with van der Waals surface area (Å²) < 4.78 is 9.42. The highest BCUT2D eigenvalue weighted by atomic mass is 16.9. The van der Waals surface area contributed by atoms with Crippen LogP contribution in [0.3, 0.4) is 0 Å². The SMILES string of the molecule is CCCCOC(=O)CC(=O)OCCCO[N+](=O)[O-]. The molecule has 0 N–H and O–H groups in total. The Kier molecular flexibility index (Phi) is 9.24. The van der Waals surface area contributed by atoms with Crippen LogP contribution in [0.4, 0.5) is 0 Å². The van der Waals surface area contributed by atoms with Crippen molar-refractivity contribution in [2.75, 3.05) is 19.8 Å². The van der Waals surface area contributed by atoms with Gasteiger partial charge < -0.3 is 14.3 Å². The standard InChI is InChI=1S/C10H17NO7/c1-2-3-5-16-9(12)8-10(13)17-6-4-7-18-11(14)15/h2-8H2,1H3. The zero-order valence-corrected chi connectivity index (χ0v) is 10.3. The van der Waals surface area contributed by atoms with E-state index in [1.165, 1.54) is 0 Å². The lowest BCUT2D eigenvalue weighted by Crippen LogP contribution is -2.15. The van der Waals surface area contributed by atoms with Gasteiger partial charge in [0.25, 0.3) is 5.09 Å². The lowest BCUT2D eigenvalue weighted by Gasteiger charge is -2.05. The van der Waals surface area contributed by atoms with Crippen LogP contribution in [0.1, 0.15) is 32.6 Å². The molecule has 104 valence electrons. The molecule has 0 atom stereocenters. The minimum absolute atomic E-state index is 0.0328. The summed E-state index contributed by atoms with van der Waals surface area (Å²) >= 11 is 0. The number of carbonyl (C=O) groups excluding carboxylic acids is 2. The largest absolute Gasteiger partial charge is 0.465 e. The Balaban J connectivity index is 3.46. The molecule has 0 fully saturated rings. The number of ether oxygens (including phenoxy) is 2. The number of carbonyl (C=O) groups is 2. The Hall–Kier alpha value is -1.86. The molecule has 0 aromatic carbocycles. The molecule has 0 aliphatic heterocycles. The maximum atomic E-state index is 11.1. The van der Waals surface area contributed by atoms with Crippen LogP contribution in [0.5, 0.6) is 0 Å². The van der Waals surface area contributed by atoms with E-state index < -0.39 is 23.4 Å². The monoisotopic (exact) mass is 263 g/mol. The highest BCUT2D eigenvalue weighted by molar-refractivity contribution is 5.91. The van der Waals surface area contributed by atoms with Gasteiger partial charge in [0.05, 0.1) is 19.8 Å². The van der Waals surface area contributed by atoms with E-state index in [2.05, 4.69) is 9.57 Å². The molecule has 0 rings (SSSR count). The second-order valence-electron chi connectivity index (χ2n) is 3.38. The van der Waals surface area contributed by atoms with Gasteiger partial charge >= 0.3 is 11.9 Å². The quantitative estimate of drug-likeness (QED) is 0.189. The minimum Gasteiger partial charge on any atom is -0.465 e. The van der Waals surface area contributed by atoms with Gasteiger partial charge in [0.15, 0.2) is 0 Å². The average Bonchev–Trinajstić information content (AvgIpc) is 2.28. The van der Waals surface area contributed by atoms with Gasteiger partial charge in [-0.15, -0.1) is 10.1 Å². The lowest BCUT2D eigenvalue weighted by molar-refractivity contribution is -0.757. The number of unbranched alkanes of at least 4 members (excludes halogenated alkanes) is 1. The molecule has 0 radical (unpaired) electrons. The fourth-order valence-electron chi connectivity index (χ4n) is 0.934. The van der Waals surface area contributed by atoms with E-state index >= 15 is 0 Å². The maximum Gasteiger partial charge on any atom is 0.317 e. The van der Waals surface area contributed by atoms with Gasteiger partial charge in [0.2, 0.25) is 0 Å². The van der Waals surface area contributed by atoms with Crippen molar-refractivity contribution in [2.24, 2.45) is 0 Å². The summed E-state index contributed by atoms with van der Waals surface area (Å²) in [5.74, 6) is -1.34.